The van der Waals surface area contributed by atoms with Crippen molar-refractivity contribution >= 4 is 33.3 Å². The molecule has 36 heavy (non-hydrogen) atoms. The number of nitrogens with one attached hydrogen (secondary N) is 1. The van der Waals surface area contributed by atoms with Gasteiger partial charge in [0.15, 0.2) is 5.13 Å². The van der Waals surface area contributed by atoms with Crippen molar-refractivity contribution in [2.45, 2.75) is 52.0 Å². The fraction of sp³-hybridized carbons (Fsp3) is 0.357. The maximum absolute atomic E-state index is 13.3. The topological polar surface area (TPSA) is 86.0 Å². The Kier molecular flexibility index (Phi) is 6.87. The van der Waals surface area contributed by atoms with E-state index in [-0.39, 0.29) is 23.6 Å². The van der Waals surface area contributed by atoms with Gasteiger partial charge in [-0.3, -0.25) is 18.7 Å². The van der Waals surface area contributed by atoms with Crippen molar-refractivity contribution in [3.8, 4) is 11.3 Å². The molecule has 186 valence electrons. The van der Waals surface area contributed by atoms with Crippen LogP contribution in [-0.2, 0) is 31.2 Å². The summed E-state index contributed by atoms with van der Waals surface area (Å²) in [6.45, 7) is 2.62. The van der Waals surface area contributed by atoms with Gasteiger partial charge in [0.05, 0.1) is 23.0 Å². The second kappa shape index (κ2) is 10.2. The Labute approximate surface area is 213 Å². The summed E-state index contributed by atoms with van der Waals surface area (Å²) in [6, 6.07) is 13.7. The van der Waals surface area contributed by atoms with E-state index < -0.39 is 0 Å². The first-order chi connectivity index (χ1) is 17.4. The highest BCUT2D eigenvalue weighted by Gasteiger charge is 2.25. The lowest BCUT2D eigenvalue weighted by Crippen LogP contribution is -2.40. The van der Waals surface area contributed by atoms with E-state index in [4.69, 9.17) is 0 Å². The average molecular weight is 503 g/mol. The number of carbonyl (C=O) groups excluding carboxylic acids is 1. The molecule has 7 nitrogen and oxygen atoms in total. The molecule has 5 rings (SSSR count). The van der Waals surface area contributed by atoms with Crippen molar-refractivity contribution in [1.29, 1.82) is 0 Å². The van der Waals surface area contributed by atoms with Crippen molar-refractivity contribution in [3.05, 3.63) is 79.8 Å². The van der Waals surface area contributed by atoms with Crippen molar-refractivity contribution in [3.63, 3.8) is 0 Å². The molecule has 2 heterocycles. The lowest BCUT2D eigenvalue weighted by Gasteiger charge is -2.13. The van der Waals surface area contributed by atoms with Crippen LogP contribution in [0.3, 0.4) is 0 Å². The second-order valence-electron chi connectivity index (χ2n) is 9.58. The van der Waals surface area contributed by atoms with Crippen LogP contribution in [0.5, 0.6) is 0 Å². The van der Waals surface area contributed by atoms with E-state index in [0.717, 1.165) is 30.5 Å². The van der Waals surface area contributed by atoms with Crippen molar-refractivity contribution < 1.29 is 4.79 Å². The molecule has 1 amide bonds. The van der Waals surface area contributed by atoms with Crippen LogP contribution in [0.1, 0.15) is 43.7 Å². The third kappa shape index (κ3) is 5.04. The van der Waals surface area contributed by atoms with Crippen LogP contribution in [0.15, 0.2) is 57.4 Å². The zero-order valence-electron chi connectivity index (χ0n) is 20.6. The number of anilines is 1. The van der Waals surface area contributed by atoms with Gasteiger partial charge in [0.2, 0.25) is 5.91 Å². The lowest BCUT2D eigenvalue weighted by molar-refractivity contribution is -0.115. The molecule has 4 aromatic rings. The molecule has 2 aromatic heterocycles. The highest BCUT2D eigenvalue weighted by Crippen LogP contribution is 2.30. The Morgan fingerprint density at radius 3 is 2.64 bits per heavy atom. The molecule has 0 spiro atoms. The highest BCUT2D eigenvalue weighted by molar-refractivity contribution is 7.14. The Balaban J connectivity index is 1.34. The van der Waals surface area contributed by atoms with Gasteiger partial charge in [-0.1, -0.05) is 49.7 Å². The number of fused-ring (bicyclic) bond motifs is 1. The minimum absolute atomic E-state index is 0.0231. The molecule has 1 fully saturated rings. The molecule has 0 saturated heterocycles. The van der Waals surface area contributed by atoms with E-state index in [1.54, 1.807) is 25.2 Å². The summed E-state index contributed by atoms with van der Waals surface area (Å²) in [6.07, 6.45) is 5.52. The van der Waals surface area contributed by atoms with E-state index in [1.165, 1.54) is 38.9 Å². The van der Waals surface area contributed by atoms with Crippen molar-refractivity contribution in [2.24, 2.45) is 13.0 Å². The summed E-state index contributed by atoms with van der Waals surface area (Å²) in [7, 11) is 1.67. The van der Waals surface area contributed by atoms with E-state index in [9.17, 15) is 14.4 Å². The molecular formula is C28H30N4O3S. The Hall–Kier alpha value is -3.52. The molecule has 0 radical (unpaired) electrons. The first-order valence-electron chi connectivity index (χ1n) is 12.5. The van der Waals surface area contributed by atoms with Gasteiger partial charge in [-0.05, 0) is 48.8 Å². The van der Waals surface area contributed by atoms with Gasteiger partial charge in [-0.15, -0.1) is 11.3 Å². The molecule has 0 aliphatic heterocycles. The molecule has 1 aliphatic rings. The van der Waals surface area contributed by atoms with Crippen LogP contribution < -0.4 is 16.6 Å². The summed E-state index contributed by atoms with van der Waals surface area (Å²) >= 11 is 1.37. The number of unbranched alkanes of at least 4 members (excludes halogenated alkanes) is 1. The number of amides is 1. The van der Waals surface area contributed by atoms with Gasteiger partial charge in [0.1, 0.15) is 0 Å². The van der Waals surface area contributed by atoms with E-state index in [2.05, 4.69) is 41.5 Å². The summed E-state index contributed by atoms with van der Waals surface area (Å²) in [5.41, 5.74) is 3.67. The molecule has 1 saturated carbocycles. The van der Waals surface area contributed by atoms with Crippen LogP contribution >= 0.6 is 11.3 Å². The highest BCUT2D eigenvalue weighted by atomic mass is 32.1. The number of rotatable bonds is 9. The molecule has 8 heteroatoms. The van der Waals surface area contributed by atoms with Crippen LogP contribution in [0.2, 0.25) is 0 Å². The van der Waals surface area contributed by atoms with Gasteiger partial charge >= 0.3 is 5.69 Å². The predicted molar refractivity (Wildman–Crippen MR) is 145 cm³/mol. The Bertz CT molecular complexity index is 1530. The van der Waals surface area contributed by atoms with Gasteiger partial charge < -0.3 is 5.32 Å². The number of aryl methyl sites for hydroxylation is 2. The summed E-state index contributed by atoms with van der Waals surface area (Å²) in [5, 5.41) is 5.76. The SMILES string of the molecule is CCCCc1ccc(-c2csc(NC(=O)Cc3cccc4c3c(=O)n(CC3CC3)c(=O)n4C)n2)cc1. The number of carbonyl (C=O) groups is 1. The third-order valence-corrected chi connectivity index (χ3v) is 7.53. The van der Waals surface area contributed by atoms with Crippen LogP contribution in [0.4, 0.5) is 5.13 Å². The fourth-order valence-electron chi connectivity index (χ4n) is 4.51. The standard InChI is InChI=1S/C28H30N4O3S/c1-3-4-6-18-11-13-20(14-12-18)22-17-36-27(29-22)30-24(33)15-21-7-5-8-23-25(21)26(34)32(16-19-9-10-19)28(35)31(23)2/h5,7-8,11-14,17,19H,3-4,6,9-10,15-16H2,1-2H3,(H,29,30,33). The maximum Gasteiger partial charge on any atom is 0.331 e. The Morgan fingerprint density at radius 2 is 1.92 bits per heavy atom. The van der Waals surface area contributed by atoms with Crippen molar-refractivity contribution in [1.82, 2.24) is 14.1 Å². The van der Waals surface area contributed by atoms with Crippen LogP contribution in [-0.4, -0.2) is 20.0 Å². The second-order valence-corrected chi connectivity index (χ2v) is 10.4. The van der Waals surface area contributed by atoms with E-state index in [1.807, 2.05) is 5.38 Å². The number of nitrogens with zero attached hydrogens (tertiary/aromatic N) is 3. The van der Waals surface area contributed by atoms with E-state index in [0.29, 0.717) is 34.1 Å². The molecule has 2 aromatic carbocycles. The largest absolute Gasteiger partial charge is 0.331 e. The number of aromatic nitrogens is 3. The third-order valence-electron chi connectivity index (χ3n) is 6.77. The zero-order valence-corrected chi connectivity index (χ0v) is 21.4. The van der Waals surface area contributed by atoms with Gasteiger partial charge in [0.25, 0.3) is 5.56 Å². The normalized spacial score (nSPS) is 13.3. The monoisotopic (exact) mass is 502 g/mol. The van der Waals surface area contributed by atoms with Gasteiger partial charge in [-0.2, -0.15) is 0 Å². The minimum Gasteiger partial charge on any atom is -0.302 e. The molecule has 0 unspecified atom stereocenters. The lowest BCUT2D eigenvalue weighted by atomic mass is 10.1. The van der Waals surface area contributed by atoms with Crippen LogP contribution in [0, 0.1) is 5.92 Å². The Morgan fingerprint density at radius 1 is 1.14 bits per heavy atom. The smallest absolute Gasteiger partial charge is 0.302 e. The van der Waals surface area contributed by atoms with E-state index >= 15 is 0 Å². The quantitative estimate of drug-likeness (QED) is 0.358. The van der Waals surface area contributed by atoms with Crippen LogP contribution in [0.25, 0.3) is 22.2 Å². The number of benzene rings is 2. The number of thiazole rings is 1. The first-order valence-corrected chi connectivity index (χ1v) is 13.4. The predicted octanol–water partition coefficient (Wildman–Crippen LogP) is 4.76. The molecule has 1 N–H and O–H groups in total. The summed E-state index contributed by atoms with van der Waals surface area (Å²) in [5.74, 6) is 0.135. The minimum atomic E-state index is -0.317. The molecule has 0 bridgehead atoms. The maximum atomic E-state index is 13.3. The summed E-state index contributed by atoms with van der Waals surface area (Å²) < 4.78 is 2.82. The van der Waals surface area contributed by atoms with Gasteiger partial charge in [-0.25, -0.2) is 9.78 Å². The number of hydrogen-bond donors (Lipinski definition) is 1. The molecule has 1 aliphatic carbocycles. The molecule has 0 atom stereocenters. The fourth-order valence-corrected chi connectivity index (χ4v) is 5.24. The first kappa shape index (κ1) is 24.2. The molecular weight excluding hydrogens is 472 g/mol. The summed E-state index contributed by atoms with van der Waals surface area (Å²) in [4.78, 5) is 43.6. The van der Waals surface area contributed by atoms with Crippen molar-refractivity contribution in [2.75, 3.05) is 5.32 Å². The zero-order chi connectivity index (χ0) is 25.2. The average Bonchev–Trinajstić information content (AvgIpc) is 3.59. The van der Waals surface area contributed by atoms with Gasteiger partial charge in [0, 0.05) is 24.5 Å². The number of hydrogen-bond acceptors (Lipinski definition) is 5.